The predicted octanol–water partition coefficient (Wildman–Crippen LogP) is 4.00. The molecule has 2 aromatic carbocycles. The Kier molecular flexibility index (Phi) is 3.48. The minimum Gasteiger partial charge on any atom is -0.471 e. The number of ether oxygens (including phenoxy) is 1. The zero-order chi connectivity index (χ0) is 13.9. The lowest BCUT2D eigenvalue weighted by molar-refractivity contribution is 0.289. The lowest BCUT2D eigenvalue weighted by Crippen LogP contribution is -2.02. The molecule has 5 heteroatoms. The summed E-state index contributed by atoms with van der Waals surface area (Å²) in [6.07, 6.45) is 1.65. The molecule has 0 atom stereocenters. The van der Waals surface area contributed by atoms with Gasteiger partial charge in [0.15, 0.2) is 0 Å². The molecule has 0 aliphatic heterocycles. The number of hydrogen-bond donors (Lipinski definition) is 0. The third-order valence-electron chi connectivity index (χ3n) is 2.95. The normalized spacial score (nSPS) is 10.7. The van der Waals surface area contributed by atoms with Crippen molar-refractivity contribution >= 4 is 22.4 Å². The Hall–Kier alpha value is -2.20. The maximum atomic E-state index is 13.7. The fraction of sp³-hybridized carbons (Fsp3) is 0.0667. The van der Waals surface area contributed by atoms with E-state index in [0.29, 0.717) is 16.5 Å². The number of aromatic nitrogens is 2. The molecule has 1 aromatic heterocycles. The van der Waals surface area contributed by atoms with E-state index < -0.39 is 5.82 Å². The maximum absolute atomic E-state index is 13.7. The summed E-state index contributed by atoms with van der Waals surface area (Å²) in [6.45, 7) is 0.00813. The van der Waals surface area contributed by atoms with E-state index in [1.54, 1.807) is 18.3 Å². The summed E-state index contributed by atoms with van der Waals surface area (Å²) in [5.74, 6) is -0.0342. The molecule has 3 rings (SSSR count). The smallest absolute Gasteiger partial charge is 0.241 e. The van der Waals surface area contributed by atoms with E-state index in [-0.39, 0.29) is 6.61 Å². The molecular weight excluding hydrogens is 279 g/mol. The highest BCUT2D eigenvalue weighted by molar-refractivity contribution is 6.31. The lowest BCUT2D eigenvalue weighted by atomic mass is 10.2. The van der Waals surface area contributed by atoms with Gasteiger partial charge in [-0.3, -0.25) is 0 Å². The number of fused-ring (bicyclic) bond motifs is 1. The number of rotatable bonds is 3. The van der Waals surface area contributed by atoms with Crippen LogP contribution in [0.4, 0.5) is 4.39 Å². The van der Waals surface area contributed by atoms with Crippen LogP contribution in [0, 0.1) is 5.82 Å². The Morgan fingerprint density at radius 3 is 2.80 bits per heavy atom. The summed E-state index contributed by atoms with van der Waals surface area (Å²) in [5.41, 5.74) is 0.309. The zero-order valence-electron chi connectivity index (χ0n) is 10.4. The summed E-state index contributed by atoms with van der Waals surface area (Å²) >= 11 is 5.96. The third kappa shape index (κ3) is 2.42. The van der Waals surface area contributed by atoms with Gasteiger partial charge in [0.05, 0.1) is 11.2 Å². The number of halogens is 2. The van der Waals surface area contributed by atoms with Crippen LogP contribution in [0.3, 0.4) is 0 Å². The average molecular weight is 289 g/mol. The molecule has 0 aliphatic rings. The minimum absolute atomic E-state index is 0.00813. The van der Waals surface area contributed by atoms with Crippen molar-refractivity contribution in [2.75, 3.05) is 0 Å². The van der Waals surface area contributed by atoms with E-state index in [4.69, 9.17) is 16.3 Å². The van der Waals surface area contributed by atoms with Crippen molar-refractivity contribution in [3.63, 3.8) is 0 Å². The second kappa shape index (κ2) is 5.43. The molecule has 0 unspecified atom stereocenters. The molecular formula is C15H10ClFN2O. The van der Waals surface area contributed by atoms with Crippen LogP contribution in [0.5, 0.6) is 5.88 Å². The molecule has 0 fully saturated rings. The second-order valence-electron chi connectivity index (χ2n) is 4.23. The van der Waals surface area contributed by atoms with E-state index in [1.807, 2.05) is 24.3 Å². The van der Waals surface area contributed by atoms with Crippen molar-refractivity contribution in [1.82, 2.24) is 10.2 Å². The van der Waals surface area contributed by atoms with Crippen molar-refractivity contribution in [2.45, 2.75) is 6.61 Å². The van der Waals surface area contributed by atoms with Crippen LogP contribution in [-0.2, 0) is 6.61 Å². The van der Waals surface area contributed by atoms with Gasteiger partial charge >= 0.3 is 0 Å². The largest absolute Gasteiger partial charge is 0.471 e. The van der Waals surface area contributed by atoms with Crippen LogP contribution in [0.15, 0.2) is 48.7 Å². The van der Waals surface area contributed by atoms with E-state index in [2.05, 4.69) is 10.2 Å². The van der Waals surface area contributed by atoms with E-state index in [0.717, 1.165) is 10.8 Å². The molecule has 0 saturated heterocycles. The van der Waals surface area contributed by atoms with Gasteiger partial charge in [-0.25, -0.2) is 4.39 Å². The minimum atomic E-state index is -0.398. The average Bonchev–Trinajstić information content (AvgIpc) is 2.47. The molecule has 20 heavy (non-hydrogen) atoms. The molecule has 3 nitrogen and oxygen atoms in total. The van der Waals surface area contributed by atoms with Gasteiger partial charge in [-0.05, 0) is 18.2 Å². The Balaban J connectivity index is 1.91. The van der Waals surface area contributed by atoms with Crippen molar-refractivity contribution in [1.29, 1.82) is 0 Å². The van der Waals surface area contributed by atoms with Crippen LogP contribution in [0.1, 0.15) is 5.56 Å². The van der Waals surface area contributed by atoms with Crippen molar-refractivity contribution < 1.29 is 9.13 Å². The molecule has 0 aliphatic carbocycles. The second-order valence-corrected chi connectivity index (χ2v) is 4.63. The van der Waals surface area contributed by atoms with Crippen LogP contribution in [0.25, 0.3) is 10.8 Å². The summed E-state index contributed by atoms with van der Waals surface area (Å²) in [7, 11) is 0. The highest BCUT2D eigenvalue weighted by Gasteiger charge is 2.10. The van der Waals surface area contributed by atoms with Gasteiger partial charge in [0, 0.05) is 16.3 Å². The van der Waals surface area contributed by atoms with Gasteiger partial charge in [0.25, 0.3) is 0 Å². The van der Waals surface area contributed by atoms with Crippen LogP contribution in [-0.4, -0.2) is 10.2 Å². The first kappa shape index (κ1) is 12.8. The fourth-order valence-corrected chi connectivity index (χ4v) is 2.14. The molecule has 0 amide bonds. The molecule has 3 aromatic rings. The topological polar surface area (TPSA) is 35.0 Å². The van der Waals surface area contributed by atoms with Crippen molar-refractivity contribution in [3.05, 3.63) is 65.1 Å². The van der Waals surface area contributed by atoms with Gasteiger partial charge in [-0.2, -0.15) is 5.10 Å². The van der Waals surface area contributed by atoms with Gasteiger partial charge in [0.1, 0.15) is 12.4 Å². The molecule has 0 spiro atoms. The van der Waals surface area contributed by atoms with E-state index in [1.165, 1.54) is 6.07 Å². The van der Waals surface area contributed by atoms with Crippen molar-refractivity contribution in [2.24, 2.45) is 0 Å². The number of benzene rings is 2. The lowest BCUT2D eigenvalue weighted by Gasteiger charge is -2.09. The Morgan fingerprint density at radius 2 is 1.95 bits per heavy atom. The van der Waals surface area contributed by atoms with Crippen LogP contribution >= 0.6 is 11.6 Å². The molecule has 0 N–H and O–H groups in total. The first-order chi connectivity index (χ1) is 9.75. The highest BCUT2D eigenvalue weighted by atomic mass is 35.5. The SMILES string of the molecule is Fc1cccc(Cl)c1COc1nncc2ccccc12. The standard InChI is InChI=1S/C15H10ClFN2O/c16-13-6-3-7-14(17)12(13)9-20-15-11-5-2-1-4-10(11)8-18-19-15/h1-8H,9H2. The Labute approximate surface area is 120 Å². The maximum Gasteiger partial charge on any atom is 0.241 e. The first-order valence-corrected chi connectivity index (χ1v) is 6.39. The Morgan fingerprint density at radius 1 is 1.10 bits per heavy atom. The zero-order valence-corrected chi connectivity index (χ0v) is 11.1. The molecule has 0 bridgehead atoms. The quantitative estimate of drug-likeness (QED) is 0.730. The highest BCUT2D eigenvalue weighted by Crippen LogP contribution is 2.24. The first-order valence-electron chi connectivity index (χ1n) is 6.02. The summed E-state index contributed by atoms with van der Waals surface area (Å²) in [5, 5.41) is 9.89. The van der Waals surface area contributed by atoms with Gasteiger partial charge < -0.3 is 4.74 Å². The number of nitrogens with zero attached hydrogens (tertiary/aromatic N) is 2. The molecule has 1 heterocycles. The predicted molar refractivity (Wildman–Crippen MR) is 75.3 cm³/mol. The van der Waals surface area contributed by atoms with E-state index in [9.17, 15) is 4.39 Å². The van der Waals surface area contributed by atoms with E-state index >= 15 is 0 Å². The van der Waals surface area contributed by atoms with Gasteiger partial charge in [-0.15, -0.1) is 5.10 Å². The molecule has 0 radical (unpaired) electrons. The van der Waals surface area contributed by atoms with Crippen molar-refractivity contribution in [3.8, 4) is 5.88 Å². The molecule has 100 valence electrons. The Bertz CT molecular complexity index is 738. The summed E-state index contributed by atoms with van der Waals surface area (Å²) in [4.78, 5) is 0. The van der Waals surface area contributed by atoms with Crippen LogP contribution in [0.2, 0.25) is 5.02 Å². The molecule has 0 saturated carbocycles. The fourth-order valence-electron chi connectivity index (χ4n) is 1.92. The third-order valence-corrected chi connectivity index (χ3v) is 3.31. The van der Waals surface area contributed by atoms with Crippen LogP contribution < -0.4 is 4.74 Å². The van der Waals surface area contributed by atoms with Gasteiger partial charge in [0.2, 0.25) is 5.88 Å². The summed E-state index contributed by atoms with van der Waals surface area (Å²) in [6, 6.07) is 12.1. The summed E-state index contributed by atoms with van der Waals surface area (Å²) < 4.78 is 19.2. The van der Waals surface area contributed by atoms with Gasteiger partial charge in [-0.1, -0.05) is 35.9 Å². The number of hydrogen-bond acceptors (Lipinski definition) is 3. The monoisotopic (exact) mass is 288 g/mol.